The number of hydrogen-bond acceptors (Lipinski definition) is 2. The molecule has 0 fully saturated rings. The highest BCUT2D eigenvalue weighted by atomic mass is 16.3. The van der Waals surface area contributed by atoms with Crippen molar-refractivity contribution in [2.45, 2.75) is 0 Å². The summed E-state index contributed by atoms with van der Waals surface area (Å²) in [6.45, 7) is 0. The molecule has 23 aromatic carbocycles. The summed E-state index contributed by atoms with van der Waals surface area (Å²) in [5.41, 5.74) is 35.1. The van der Waals surface area contributed by atoms with Gasteiger partial charge in [-0.2, -0.15) is 0 Å². The third kappa shape index (κ3) is 11.2. The molecule has 0 N–H and O–H groups in total. The summed E-state index contributed by atoms with van der Waals surface area (Å²) in [6, 6.07) is 176. The summed E-state index contributed by atoms with van der Waals surface area (Å²) in [5.74, 6) is 0. The molecule has 0 atom stereocenters. The van der Waals surface area contributed by atoms with Crippen molar-refractivity contribution in [2.75, 3.05) is 0 Å². The number of para-hydroxylation sites is 7. The van der Waals surface area contributed by atoms with Crippen molar-refractivity contribution >= 4 is 229 Å². The van der Waals surface area contributed by atoms with Crippen LogP contribution in [-0.4, -0.2) is 27.1 Å². The Labute approximate surface area is 811 Å². The van der Waals surface area contributed by atoms with E-state index in [1.165, 1.54) is 235 Å². The van der Waals surface area contributed by atoms with Crippen LogP contribution < -0.4 is 0 Å². The minimum absolute atomic E-state index is 0.916. The highest BCUT2D eigenvalue weighted by Crippen LogP contribution is 2.52. The Morgan fingerprint density at radius 2 is 0.486 bits per heavy atom. The molecule has 0 radical (unpaired) electrons. The molecule has 0 saturated heterocycles. The van der Waals surface area contributed by atoms with E-state index < -0.39 is 0 Å². The first-order chi connectivity index (χ1) is 70.5. The molecule has 658 valence electrons. The summed E-state index contributed by atoms with van der Waals surface area (Å²) in [7, 11) is 0. The molecule has 0 saturated carbocycles. The van der Waals surface area contributed by atoms with Crippen LogP contribution in [0.3, 0.4) is 0 Å². The van der Waals surface area contributed by atoms with Crippen molar-refractivity contribution in [1.82, 2.24) is 27.1 Å². The molecule has 0 bridgehead atoms. The molecular weight excluding hydrogens is 1730 g/mol. The number of hydrogen-bond donors (Lipinski definition) is 0. The molecule has 10 aromatic heterocycles. The van der Waals surface area contributed by atoms with Gasteiger partial charge in [-0.1, -0.05) is 346 Å². The normalized spacial score (nSPS) is 12.2. The summed E-state index contributed by atoms with van der Waals surface area (Å²) in [4.78, 5) is 0. The van der Waals surface area contributed by atoms with E-state index in [1.807, 2.05) is 24.3 Å². The molecule has 10 heterocycles. The van der Waals surface area contributed by atoms with Crippen molar-refractivity contribution in [2.24, 2.45) is 0 Å². The molecule has 0 aliphatic rings. The second-order valence-corrected chi connectivity index (χ2v) is 37.9. The molecule has 0 aliphatic heterocycles. The average Bonchev–Trinajstić information content (AvgIpc) is 1.52. The lowest BCUT2D eigenvalue weighted by Gasteiger charge is -2.14. The van der Waals surface area contributed by atoms with Crippen LogP contribution in [0.15, 0.2) is 494 Å². The predicted octanol–water partition coefficient (Wildman–Crippen LogP) is 36.5. The predicted molar refractivity (Wildman–Crippen MR) is 597 cm³/mol. The van der Waals surface area contributed by atoms with Gasteiger partial charge in [0.15, 0.2) is 0 Å². The van der Waals surface area contributed by atoms with Gasteiger partial charge in [0.1, 0.15) is 22.3 Å². The summed E-state index contributed by atoms with van der Waals surface area (Å²) < 4.78 is 27.3. The van der Waals surface area contributed by atoms with Crippen molar-refractivity contribution in [1.29, 1.82) is 0 Å². The summed E-state index contributed by atoms with van der Waals surface area (Å²) in [5, 5.41) is 30.2. The fourth-order valence-corrected chi connectivity index (χ4v) is 24.7. The second-order valence-electron chi connectivity index (χ2n) is 37.9. The van der Waals surface area contributed by atoms with Crippen LogP contribution in [-0.2, 0) is 0 Å². The zero-order valence-electron chi connectivity index (χ0n) is 76.7. The molecule has 0 aliphatic carbocycles. The van der Waals surface area contributed by atoms with E-state index in [2.05, 4.69) is 488 Å². The third-order valence-corrected chi connectivity index (χ3v) is 30.6. The molecule has 0 amide bonds. The number of benzene rings is 23. The van der Waals surface area contributed by atoms with Gasteiger partial charge < -0.3 is 35.9 Å². The van der Waals surface area contributed by atoms with E-state index in [1.54, 1.807) is 0 Å². The van der Waals surface area contributed by atoms with Gasteiger partial charge in [-0.3, -0.25) is 0 Å². The Hall–Kier alpha value is -19.0. The van der Waals surface area contributed by atoms with E-state index in [4.69, 9.17) is 8.83 Å². The van der Waals surface area contributed by atoms with Crippen LogP contribution in [0.4, 0.5) is 0 Å². The number of aromatic nitrogens is 6. The molecule has 33 aromatic rings. The number of nitrogens with zero attached hydrogens (tertiary/aromatic N) is 6. The summed E-state index contributed by atoms with van der Waals surface area (Å²) >= 11 is 0. The molecule has 33 rings (SSSR count). The summed E-state index contributed by atoms with van der Waals surface area (Å²) in [6.07, 6.45) is 0. The Morgan fingerprint density at radius 1 is 0.134 bits per heavy atom. The van der Waals surface area contributed by atoms with Gasteiger partial charge in [0.2, 0.25) is 0 Å². The fraction of sp³-hybridized carbons (Fsp3) is 0. The smallest absolute Gasteiger partial charge is 0.136 e. The van der Waals surface area contributed by atoms with E-state index in [0.717, 1.165) is 60.9 Å². The molecule has 0 spiro atoms. The average molecular weight is 1810 g/mol. The second kappa shape index (κ2) is 30.2. The largest absolute Gasteiger partial charge is 0.456 e. The van der Waals surface area contributed by atoms with Crippen molar-refractivity contribution < 1.29 is 8.83 Å². The SMILES string of the molecule is c1ccc(-c2ccccc2-c2cccc(-n3c4ccccc4c4cc5c6ccccc6n(-c6ccccc6)c5cc43)c2)cc1.c1ccc2c(c1)ccc1c2c2ccc3c4c5c(cccc5n3-c3ccc(-c5cccc6oc7ccccc7c56)cc3)c3ccccc3n1c24.c1ccc2c(c1)ccc1c3ccc4c5c6c(cccc6n4-c4ccc(-c6cccc7oc8ccccc8c67)cc4)c4ccccc4n(c21)c35. The van der Waals surface area contributed by atoms with Crippen LogP contribution >= 0.6 is 0 Å². The molecular formula is C134H80N6O2. The van der Waals surface area contributed by atoms with Crippen LogP contribution in [0, 0.1) is 0 Å². The van der Waals surface area contributed by atoms with Crippen LogP contribution in [0.2, 0.25) is 0 Å². The molecule has 8 nitrogen and oxygen atoms in total. The maximum atomic E-state index is 6.22. The van der Waals surface area contributed by atoms with Gasteiger partial charge >= 0.3 is 0 Å². The third-order valence-electron chi connectivity index (χ3n) is 30.6. The maximum absolute atomic E-state index is 6.22. The minimum atomic E-state index is 0.916. The molecule has 142 heavy (non-hydrogen) atoms. The number of fused-ring (bicyclic) bond motifs is 28. The Balaban J connectivity index is 0.0000000979. The zero-order valence-corrected chi connectivity index (χ0v) is 76.7. The van der Waals surface area contributed by atoms with Gasteiger partial charge in [-0.15, -0.1) is 0 Å². The van der Waals surface area contributed by atoms with E-state index in [-0.39, 0.29) is 0 Å². The highest BCUT2D eigenvalue weighted by Gasteiger charge is 2.29. The van der Waals surface area contributed by atoms with E-state index in [9.17, 15) is 0 Å². The van der Waals surface area contributed by atoms with Crippen LogP contribution in [0.25, 0.3) is 296 Å². The number of furan rings is 2. The Bertz CT molecular complexity index is 10900. The lowest BCUT2D eigenvalue weighted by atomic mass is 9.94. The monoisotopic (exact) mass is 1800 g/mol. The van der Waals surface area contributed by atoms with Crippen LogP contribution in [0.5, 0.6) is 0 Å². The highest BCUT2D eigenvalue weighted by molar-refractivity contribution is 6.37. The maximum Gasteiger partial charge on any atom is 0.136 e. The first-order valence-corrected chi connectivity index (χ1v) is 48.8. The van der Waals surface area contributed by atoms with E-state index in [0.29, 0.717) is 0 Å². The van der Waals surface area contributed by atoms with Crippen molar-refractivity contribution in [3.05, 3.63) is 485 Å². The molecule has 0 unspecified atom stereocenters. The van der Waals surface area contributed by atoms with Crippen LogP contribution in [0.1, 0.15) is 0 Å². The first-order valence-electron chi connectivity index (χ1n) is 48.8. The minimum Gasteiger partial charge on any atom is -0.456 e. The standard InChI is InChI=1S/2C46H26N2O.C42H28N2/c1-2-10-30-27(9-1)21-25-38-42(30)35-24-26-39-45-44-33(32-11-3-5-15-36(32)48(38)46(35)45)14-7-16-37(44)47(39)29-22-19-28(20-23-29)31-13-8-18-41-43(31)34-12-4-6-17-40(34)49-41;1-2-10-31-27(9-1)21-24-34-35-25-26-39-44-43-33(32-11-3-5-15-37(32)48(45(31)34)46(35)44)14-7-16-38(43)47(39)29-22-19-28(20-23-29)30-13-8-18-41-42(30)36-12-4-6-17-40(36)49-41;1-3-14-29(15-4-1)33-20-7-8-21-34(33)30-16-13-19-32(26-30)44-40-25-12-10-23-36(40)38-27-37-35-22-9-11-24-39(35)43(41(37)28-42(38)44)31-17-5-2-6-18-31/h2*1-26H;1-28H. The van der Waals surface area contributed by atoms with Gasteiger partial charge in [0.25, 0.3) is 0 Å². The lowest BCUT2D eigenvalue weighted by Crippen LogP contribution is -1.96. The Kier molecular flexibility index (Phi) is 16.7. The Morgan fingerprint density at radius 3 is 1.07 bits per heavy atom. The first kappa shape index (κ1) is 78.2. The van der Waals surface area contributed by atoms with Gasteiger partial charge in [0.05, 0.1) is 77.2 Å². The number of rotatable bonds is 8. The van der Waals surface area contributed by atoms with Gasteiger partial charge in [-0.05, 0) is 211 Å². The fourth-order valence-electron chi connectivity index (χ4n) is 24.7. The molecule has 8 heteroatoms. The van der Waals surface area contributed by atoms with Crippen molar-refractivity contribution in [3.63, 3.8) is 0 Å². The zero-order chi connectivity index (χ0) is 92.6. The van der Waals surface area contributed by atoms with Crippen molar-refractivity contribution in [3.8, 4) is 67.3 Å². The quantitative estimate of drug-likeness (QED) is 0.152. The van der Waals surface area contributed by atoms with E-state index >= 15 is 0 Å². The van der Waals surface area contributed by atoms with Gasteiger partial charge in [-0.25, -0.2) is 0 Å². The van der Waals surface area contributed by atoms with Gasteiger partial charge in [0, 0.05) is 125 Å². The topological polar surface area (TPSA) is 54.8 Å². The lowest BCUT2D eigenvalue weighted by molar-refractivity contribution is 0.668.